The molecule has 0 radical (unpaired) electrons. The van der Waals surface area contributed by atoms with Crippen LogP contribution < -0.4 is 5.32 Å². The van der Waals surface area contributed by atoms with Crippen LogP contribution in [0, 0.1) is 6.92 Å². The Morgan fingerprint density at radius 1 is 1.10 bits per heavy atom. The Balaban J connectivity index is 1.90. The SMILES string of the molecule is Cc1ncsc1C(C)Nc1ccccc1-c1cccs1. The van der Waals surface area contributed by atoms with Crippen molar-refractivity contribution in [2.75, 3.05) is 5.32 Å². The van der Waals surface area contributed by atoms with E-state index in [2.05, 4.69) is 65.9 Å². The standard InChI is InChI=1S/C16H16N2S2/c1-11-16(20-10-17-11)12(2)18-14-7-4-3-6-13(14)15-8-5-9-19-15/h3-10,12,18H,1-2H3. The molecule has 102 valence electrons. The Hall–Kier alpha value is -1.65. The molecule has 0 fully saturated rings. The van der Waals surface area contributed by atoms with Crippen molar-refractivity contribution >= 4 is 28.4 Å². The van der Waals surface area contributed by atoms with Gasteiger partial charge in [-0.1, -0.05) is 24.3 Å². The summed E-state index contributed by atoms with van der Waals surface area (Å²) in [5, 5.41) is 5.73. The Morgan fingerprint density at radius 2 is 1.95 bits per heavy atom. The molecule has 0 aliphatic rings. The lowest BCUT2D eigenvalue weighted by Gasteiger charge is -2.17. The van der Waals surface area contributed by atoms with E-state index < -0.39 is 0 Å². The van der Waals surface area contributed by atoms with E-state index in [9.17, 15) is 0 Å². The zero-order valence-corrected chi connectivity index (χ0v) is 13.1. The molecule has 0 aliphatic carbocycles. The first-order valence-electron chi connectivity index (χ1n) is 6.55. The molecule has 1 N–H and O–H groups in total. The fraction of sp³-hybridized carbons (Fsp3) is 0.188. The van der Waals surface area contributed by atoms with Gasteiger partial charge in [0.05, 0.1) is 17.2 Å². The van der Waals surface area contributed by atoms with Crippen molar-refractivity contribution < 1.29 is 0 Å². The number of hydrogen-bond donors (Lipinski definition) is 1. The molecule has 2 aromatic heterocycles. The molecular formula is C16H16N2S2. The van der Waals surface area contributed by atoms with Gasteiger partial charge in [0.2, 0.25) is 0 Å². The van der Waals surface area contributed by atoms with Gasteiger partial charge in [-0.15, -0.1) is 22.7 Å². The highest BCUT2D eigenvalue weighted by atomic mass is 32.1. The number of aromatic nitrogens is 1. The zero-order valence-electron chi connectivity index (χ0n) is 11.5. The largest absolute Gasteiger partial charge is 0.377 e. The third-order valence-corrected chi connectivity index (χ3v) is 5.28. The van der Waals surface area contributed by atoms with Crippen LogP contribution >= 0.6 is 22.7 Å². The van der Waals surface area contributed by atoms with Gasteiger partial charge in [-0.3, -0.25) is 0 Å². The highest BCUT2D eigenvalue weighted by Gasteiger charge is 2.13. The van der Waals surface area contributed by atoms with Gasteiger partial charge in [-0.2, -0.15) is 0 Å². The van der Waals surface area contributed by atoms with Crippen LogP contribution in [0.15, 0.2) is 47.3 Å². The molecule has 2 nitrogen and oxygen atoms in total. The third kappa shape index (κ3) is 2.62. The molecule has 20 heavy (non-hydrogen) atoms. The molecule has 1 atom stereocenters. The maximum absolute atomic E-state index is 4.33. The minimum atomic E-state index is 0.267. The predicted molar refractivity (Wildman–Crippen MR) is 88.6 cm³/mol. The lowest BCUT2D eigenvalue weighted by Crippen LogP contribution is -2.07. The topological polar surface area (TPSA) is 24.9 Å². The number of nitrogens with zero attached hydrogens (tertiary/aromatic N) is 1. The van der Waals surface area contributed by atoms with E-state index in [-0.39, 0.29) is 6.04 Å². The van der Waals surface area contributed by atoms with E-state index in [4.69, 9.17) is 0 Å². The van der Waals surface area contributed by atoms with Gasteiger partial charge in [0.25, 0.3) is 0 Å². The summed E-state index contributed by atoms with van der Waals surface area (Å²) in [6.45, 7) is 4.25. The summed E-state index contributed by atoms with van der Waals surface area (Å²) in [7, 11) is 0. The zero-order chi connectivity index (χ0) is 13.9. The molecule has 0 bridgehead atoms. The summed E-state index contributed by atoms with van der Waals surface area (Å²) >= 11 is 3.48. The third-order valence-electron chi connectivity index (χ3n) is 3.26. The van der Waals surface area contributed by atoms with Gasteiger partial charge in [0, 0.05) is 21.0 Å². The minimum Gasteiger partial charge on any atom is -0.377 e. The van der Waals surface area contributed by atoms with Crippen molar-refractivity contribution in [3.63, 3.8) is 0 Å². The van der Waals surface area contributed by atoms with Gasteiger partial charge < -0.3 is 5.32 Å². The maximum Gasteiger partial charge on any atom is 0.0798 e. The van der Waals surface area contributed by atoms with Crippen LogP contribution in [0.3, 0.4) is 0 Å². The quantitative estimate of drug-likeness (QED) is 0.702. The molecule has 0 spiro atoms. The summed E-state index contributed by atoms with van der Waals surface area (Å²) in [6.07, 6.45) is 0. The Labute approximate surface area is 127 Å². The molecule has 3 aromatic rings. The average molecular weight is 300 g/mol. The van der Waals surface area contributed by atoms with Crippen LogP contribution in [0.25, 0.3) is 10.4 Å². The van der Waals surface area contributed by atoms with Crippen molar-refractivity contribution in [3.8, 4) is 10.4 Å². The summed E-state index contributed by atoms with van der Waals surface area (Å²) in [6, 6.07) is 13.0. The first-order chi connectivity index (χ1) is 9.75. The molecular weight excluding hydrogens is 284 g/mol. The molecule has 1 aromatic carbocycles. The normalized spacial score (nSPS) is 12.3. The number of para-hydroxylation sites is 1. The van der Waals surface area contributed by atoms with Crippen molar-refractivity contribution in [1.29, 1.82) is 0 Å². The van der Waals surface area contributed by atoms with Crippen LogP contribution in [0.5, 0.6) is 0 Å². The lowest BCUT2D eigenvalue weighted by molar-refractivity contribution is 0.891. The molecule has 2 heterocycles. The van der Waals surface area contributed by atoms with Gasteiger partial charge in [0.1, 0.15) is 0 Å². The molecule has 0 aliphatic heterocycles. The first kappa shape index (κ1) is 13.3. The van der Waals surface area contributed by atoms with Gasteiger partial charge in [0.15, 0.2) is 0 Å². The summed E-state index contributed by atoms with van der Waals surface area (Å²) in [4.78, 5) is 6.92. The van der Waals surface area contributed by atoms with Crippen LogP contribution in [0.1, 0.15) is 23.5 Å². The second kappa shape index (κ2) is 5.77. The number of anilines is 1. The maximum atomic E-state index is 4.33. The summed E-state index contributed by atoms with van der Waals surface area (Å²) in [5.74, 6) is 0. The summed E-state index contributed by atoms with van der Waals surface area (Å²) in [5.41, 5.74) is 5.46. The van der Waals surface area contributed by atoms with Gasteiger partial charge in [-0.25, -0.2) is 4.98 Å². The fourth-order valence-corrected chi connectivity index (χ4v) is 3.86. The predicted octanol–water partition coefficient (Wildman–Crippen LogP) is 5.35. The number of aryl methyl sites for hydroxylation is 1. The first-order valence-corrected chi connectivity index (χ1v) is 8.31. The second-order valence-electron chi connectivity index (χ2n) is 4.69. The molecule has 1 unspecified atom stereocenters. The summed E-state index contributed by atoms with van der Waals surface area (Å²) < 4.78 is 0. The van der Waals surface area contributed by atoms with E-state index in [0.717, 1.165) is 5.69 Å². The van der Waals surface area contributed by atoms with Crippen molar-refractivity contribution in [3.05, 3.63) is 57.9 Å². The monoisotopic (exact) mass is 300 g/mol. The van der Waals surface area contributed by atoms with E-state index >= 15 is 0 Å². The number of benzene rings is 1. The van der Waals surface area contributed by atoms with Crippen LogP contribution in [-0.2, 0) is 0 Å². The van der Waals surface area contributed by atoms with E-state index in [1.165, 1.54) is 21.0 Å². The number of thiazole rings is 1. The van der Waals surface area contributed by atoms with Crippen LogP contribution in [-0.4, -0.2) is 4.98 Å². The smallest absolute Gasteiger partial charge is 0.0798 e. The highest BCUT2D eigenvalue weighted by molar-refractivity contribution is 7.13. The van der Waals surface area contributed by atoms with Gasteiger partial charge in [-0.05, 0) is 31.4 Å². The highest BCUT2D eigenvalue weighted by Crippen LogP contribution is 2.34. The minimum absolute atomic E-state index is 0.267. The van der Waals surface area contributed by atoms with E-state index in [0.29, 0.717) is 0 Å². The van der Waals surface area contributed by atoms with Crippen molar-refractivity contribution in [2.24, 2.45) is 0 Å². The molecule has 0 amide bonds. The Kier molecular flexibility index (Phi) is 3.85. The molecule has 0 saturated heterocycles. The number of nitrogens with one attached hydrogen (secondary N) is 1. The Morgan fingerprint density at radius 3 is 2.65 bits per heavy atom. The van der Waals surface area contributed by atoms with Crippen molar-refractivity contribution in [2.45, 2.75) is 19.9 Å². The fourth-order valence-electron chi connectivity index (χ4n) is 2.28. The van der Waals surface area contributed by atoms with Crippen molar-refractivity contribution in [1.82, 2.24) is 4.98 Å². The van der Waals surface area contributed by atoms with Crippen LogP contribution in [0.2, 0.25) is 0 Å². The number of rotatable bonds is 4. The van der Waals surface area contributed by atoms with Gasteiger partial charge >= 0.3 is 0 Å². The second-order valence-corrected chi connectivity index (χ2v) is 6.52. The van der Waals surface area contributed by atoms with E-state index in [1.54, 1.807) is 22.7 Å². The number of thiophene rings is 1. The Bertz CT molecular complexity index is 686. The van der Waals surface area contributed by atoms with Crippen LogP contribution in [0.4, 0.5) is 5.69 Å². The van der Waals surface area contributed by atoms with E-state index in [1.807, 2.05) is 5.51 Å². The molecule has 0 saturated carbocycles. The molecule has 3 rings (SSSR count). The number of hydrogen-bond acceptors (Lipinski definition) is 4. The average Bonchev–Trinajstić information content (AvgIpc) is 3.10. The molecule has 4 heteroatoms. The lowest BCUT2D eigenvalue weighted by atomic mass is 10.1.